The highest BCUT2D eigenvalue weighted by Crippen LogP contribution is 2.46. The molecule has 1 saturated carbocycles. The normalized spacial score (nSPS) is 36.8. The molecule has 1 atom stereocenters. The zero-order valence-electron chi connectivity index (χ0n) is 7.02. The first-order valence-corrected chi connectivity index (χ1v) is 4.45. The van der Waals surface area contributed by atoms with Gasteiger partial charge in [0.05, 0.1) is 0 Å². The van der Waals surface area contributed by atoms with Crippen LogP contribution in [0.25, 0.3) is 0 Å². The molecule has 2 aliphatic carbocycles. The lowest BCUT2D eigenvalue weighted by atomic mass is 9.73. The van der Waals surface area contributed by atoms with E-state index in [1.54, 1.807) is 0 Å². The van der Waals surface area contributed by atoms with Gasteiger partial charge in [-0.05, 0) is 30.8 Å². The van der Waals surface area contributed by atoms with Crippen molar-refractivity contribution >= 4 is 5.78 Å². The second-order valence-electron chi connectivity index (χ2n) is 4.08. The summed E-state index contributed by atoms with van der Waals surface area (Å²) in [5, 5.41) is 0. The number of carbonyl (C=O) groups excluding carboxylic acids is 1. The molecule has 0 aliphatic heterocycles. The van der Waals surface area contributed by atoms with E-state index in [1.807, 2.05) is 6.08 Å². The lowest BCUT2D eigenvalue weighted by Crippen LogP contribution is -2.20. The molecular formula is C10H14O. The van der Waals surface area contributed by atoms with Crippen LogP contribution in [0.1, 0.15) is 39.0 Å². The van der Waals surface area contributed by atoms with Crippen molar-refractivity contribution in [2.75, 3.05) is 0 Å². The number of hydrogen-bond donors (Lipinski definition) is 0. The van der Waals surface area contributed by atoms with Crippen molar-refractivity contribution in [2.24, 2.45) is 5.41 Å². The van der Waals surface area contributed by atoms with Crippen molar-refractivity contribution < 1.29 is 4.79 Å². The third kappa shape index (κ3) is 1.03. The summed E-state index contributed by atoms with van der Waals surface area (Å²) in [7, 11) is 0. The molecule has 2 rings (SSSR count). The van der Waals surface area contributed by atoms with Crippen LogP contribution in [0.3, 0.4) is 0 Å². The Kier molecular flexibility index (Phi) is 1.41. The van der Waals surface area contributed by atoms with Gasteiger partial charge in [-0.2, -0.15) is 0 Å². The van der Waals surface area contributed by atoms with E-state index >= 15 is 0 Å². The molecule has 0 unspecified atom stereocenters. The summed E-state index contributed by atoms with van der Waals surface area (Å²) < 4.78 is 0. The van der Waals surface area contributed by atoms with Crippen molar-refractivity contribution in [3.63, 3.8) is 0 Å². The quantitative estimate of drug-likeness (QED) is 0.518. The van der Waals surface area contributed by atoms with E-state index in [1.165, 1.54) is 31.3 Å². The molecule has 0 aromatic carbocycles. The fourth-order valence-corrected chi connectivity index (χ4v) is 2.37. The molecule has 2 aliphatic rings. The Morgan fingerprint density at radius 3 is 3.00 bits per heavy atom. The summed E-state index contributed by atoms with van der Waals surface area (Å²) in [6.45, 7) is 2.24. The minimum Gasteiger partial charge on any atom is -0.295 e. The molecule has 0 saturated heterocycles. The van der Waals surface area contributed by atoms with Crippen molar-refractivity contribution in [1.82, 2.24) is 0 Å². The van der Waals surface area contributed by atoms with Gasteiger partial charge in [0.15, 0.2) is 5.78 Å². The molecule has 0 spiro atoms. The number of allylic oxidation sites excluding steroid dienone is 2. The highest BCUT2D eigenvalue weighted by Gasteiger charge is 2.37. The summed E-state index contributed by atoms with van der Waals surface area (Å²) in [5.41, 5.74) is 1.70. The Bertz CT molecular complexity index is 227. The summed E-state index contributed by atoms with van der Waals surface area (Å²) in [6.07, 6.45) is 7.66. The van der Waals surface area contributed by atoms with E-state index < -0.39 is 0 Å². The Morgan fingerprint density at radius 1 is 1.45 bits per heavy atom. The summed E-state index contributed by atoms with van der Waals surface area (Å²) in [6, 6.07) is 0. The fraction of sp³-hybridized carbons (Fsp3) is 0.700. The van der Waals surface area contributed by atoms with Gasteiger partial charge in [-0.3, -0.25) is 4.79 Å². The highest BCUT2D eigenvalue weighted by atomic mass is 16.1. The van der Waals surface area contributed by atoms with Crippen LogP contribution in [0.2, 0.25) is 0 Å². The van der Waals surface area contributed by atoms with Gasteiger partial charge in [-0.15, -0.1) is 0 Å². The van der Waals surface area contributed by atoms with Crippen LogP contribution in [-0.4, -0.2) is 5.78 Å². The standard InChI is InChI=1S/C10H14O/c1-10-5-3-2-4-8(10)6-9(11)7-10/h6H,2-5,7H2,1H3/t10-/m1/s1. The van der Waals surface area contributed by atoms with E-state index in [0.29, 0.717) is 5.78 Å². The zero-order valence-corrected chi connectivity index (χ0v) is 7.02. The van der Waals surface area contributed by atoms with Gasteiger partial charge in [0.25, 0.3) is 0 Å². The molecule has 0 bridgehead atoms. The molecule has 1 heteroatoms. The molecule has 0 heterocycles. The molecule has 60 valence electrons. The molecular weight excluding hydrogens is 136 g/mol. The Hall–Kier alpha value is -0.590. The monoisotopic (exact) mass is 150 g/mol. The van der Waals surface area contributed by atoms with Crippen LogP contribution in [0.5, 0.6) is 0 Å². The van der Waals surface area contributed by atoms with Crippen LogP contribution in [-0.2, 0) is 4.79 Å². The maximum Gasteiger partial charge on any atom is 0.156 e. The molecule has 11 heavy (non-hydrogen) atoms. The number of rotatable bonds is 0. The predicted molar refractivity (Wildman–Crippen MR) is 44.3 cm³/mol. The van der Waals surface area contributed by atoms with Crippen molar-refractivity contribution in [1.29, 1.82) is 0 Å². The summed E-state index contributed by atoms with van der Waals surface area (Å²) in [4.78, 5) is 11.1. The van der Waals surface area contributed by atoms with Crippen molar-refractivity contribution in [3.8, 4) is 0 Å². The Morgan fingerprint density at radius 2 is 2.27 bits per heavy atom. The zero-order chi connectivity index (χ0) is 7.90. The van der Waals surface area contributed by atoms with Crippen LogP contribution in [0.15, 0.2) is 11.6 Å². The average molecular weight is 150 g/mol. The predicted octanol–water partition coefficient (Wildman–Crippen LogP) is 2.47. The topological polar surface area (TPSA) is 17.1 Å². The minimum atomic E-state index is 0.273. The second kappa shape index (κ2) is 2.20. The van der Waals surface area contributed by atoms with Crippen molar-refractivity contribution in [3.05, 3.63) is 11.6 Å². The lowest BCUT2D eigenvalue weighted by molar-refractivity contribution is -0.115. The first-order chi connectivity index (χ1) is 5.21. The Balaban J connectivity index is 2.29. The first kappa shape index (κ1) is 7.08. The summed E-state index contributed by atoms with van der Waals surface area (Å²) >= 11 is 0. The van der Waals surface area contributed by atoms with Gasteiger partial charge in [0.2, 0.25) is 0 Å². The van der Waals surface area contributed by atoms with Crippen molar-refractivity contribution in [2.45, 2.75) is 39.0 Å². The van der Waals surface area contributed by atoms with E-state index in [2.05, 4.69) is 6.92 Å². The first-order valence-electron chi connectivity index (χ1n) is 4.45. The van der Waals surface area contributed by atoms with Gasteiger partial charge < -0.3 is 0 Å². The largest absolute Gasteiger partial charge is 0.295 e. The number of hydrogen-bond acceptors (Lipinski definition) is 1. The van der Waals surface area contributed by atoms with E-state index in [0.717, 1.165) is 6.42 Å². The van der Waals surface area contributed by atoms with Crippen LogP contribution in [0.4, 0.5) is 0 Å². The lowest BCUT2D eigenvalue weighted by Gasteiger charge is -2.31. The number of ketones is 1. The maximum absolute atomic E-state index is 11.1. The van der Waals surface area contributed by atoms with Crippen LogP contribution >= 0.6 is 0 Å². The molecule has 0 aromatic rings. The fourth-order valence-electron chi connectivity index (χ4n) is 2.37. The van der Waals surface area contributed by atoms with Crippen LogP contribution < -0.4 is 0 Å². The van der Waals surface area contributed by atoms with Gasteiger partial charge >= 0.3 is 0 Å². The second-order valence-corrected chi connectivity index (χ2v) is 4.08. The maximum atomic E-state index is 11.1. The van der Waals surface area contributed by atoms with E-state index in [9.17, 15) is 4.79 Å². The third-order valence-electron chi connectivity index (χ3n) is 3.10. The molecule has 1 fully saturated rings. The smallest absolute Gasteiger partial charge is 0.156 e. The van der Waals surface area contributed by atoms with Gasteiger partial charge in [-0.25, -0.2) is 0 Å². The third-order valence-corrected chi connectivity index (χ3v) is 3.10. The summed E-state index contributed by atoms with van der Waals surface area (Å²) in [5.74, 6) is 0.351. The van der Waals surface area contributed by atoms with E-state index in [4.69, 9.17) is 0 Å². The van der Waals surface area contributed by atoms with Crippen LogP contribution in [0, 0.1) is 5.41 Å². The van der Waals surface area contributed by atoms with E-state index in [-0.39, 0.29) is 5.41 Å². The van der Waals surface area contributed by atoms with Gasteiger partial charge in [-0.1, -0.05) is 18.9 Å². The molecule has 0 N–H and O–H groups in total. The molecule has 0 aromatic heterocycles. The number of fused-ring (bicyclic) bond motifs is 1. The highest BCUT2D eigenvalue weighted by molar-refractivity contribution is 5.94. The minimum absolute atomic E-state index is 0.273. The van der Waals surface area contributed by atoms with Gasteiger partial charge in [0.1, 0.15) is 0 Å². The van der Waals surface area contributed by atoms with Gasteiger partial charge in [0, 0.05) is 6.42 Å². The SMILES string of the molecule is C[C@]12CCCCC1=CC(=O)C2. The molecule has 1 nitrogen and oxygen atoms in total. The Labute approximate surface area is 67.5 Å². The molecule has 0 radical (unpaired) electrons. The number of carbonyl (C=O) groups is 1. The molecule has 0 amide bonds. The average Bonchev–Trinajstić information content (AvgIpc) is 2.22.